The molecular formula is C15H24O7. The minimum Gasteiger partial charge on any atom is -0.463 e. The van der Waals surface area contributed by atoms with Crippen LogP contribution in [0.25, 0.3) is 0 Å². The third-order valence-corrected chi connectivity index (χ3v) is 3.47. The second-order valence-corrected chi connectivity index (χ2v) is 5.63. The SMILES string of the molecule is CC(=O)OC[C@@H]1C[C@H](C)[C@@H](OC(C)=O)[C@@H](OC(C)=O)[C@H](C)O1. The first-order valence-electron chi connectivity index (χ1n) is 7.34. The number of hydrogen-bond acceptors (Lipinski definition) is 7. The van der Waals surface area contributed by atoms with Crippen LogP contribution in [0.15, 0.2) is 0 Å². The van der Waals surface area contributed by atoms with E-state index in [1.807, 2.05) is 6.92 Å². The number of carbonyl (C=O) groups excluding carboxylic acids is 3. The fraction of sp³-hybridized carbons (Fsp3) is 0.800. The van der Waals surface area contributed by atoms with Crippen molar-refractivity contribution in [2.24, 2.45) is 5.92 Å². The Bertz CT molecular complexity index is 390. The predicted octanol–water partition coefficient (Wildman–Crippen LogP) is 1.23. The quantitative estimate of drug-likeness (QED) is 0.569. The van der Waals surface area contributed by atoms with Gasteiger partial charge in [-0.25, -0.2) is 0 Å². The molecule has 7 heteroatoms. The van der Waals surface area contributed by atoms with Gasteiger partial charge in [0.2, 0.25) is 0 Å². The van der Waals surface area contributed by atoms with E-state index < -0.39 is 30.3 Å². The van der Waals surface area contributed by atoms with Crippen molar-refractivity contribution in [3.05, 3.63) is 0 Å². The fourth-order valence-electron chi connectivity index (χ4n) is 2.62. The zero-order valence-electron chi connectivity index (χ0n) is 13.7. The van der Waals surface area contributed by atoms with E-state index in [0.29, 0.717) is 6.42 Å². The molecule has 126 valence electrons. The Morgan fingerprint density at radius 3 is 2.00 bits per heavy atom. The van der Waals surface area contributed by atoms with E-state index in [9.17, 15) is 14.4 Å². The van der Waals surface area contributed by atoms with Gasteiger partial charge in [0.1, 0.15) is 12.7 Å². The lowest BCUT2D eigenvalue weighted by Gasteiger charge is -2.30. The Hall–Kier alpha value is -1.63. The standard InChI is InChI=1S/C15H24O7/c1-8-6-13(7-19-10(3)16)20-9(2)15(22-12(5)18)14(8)21-11(4)17/h8-9,13-15H,6-7H2,1-5H3/t8-,9-,13-,14+,15-/m0/s1. The number of hydrogen-bond donors (Lipinski definition) is 0. The Labute approximate surface area is 130 Å². The van der Waals surface area contributed by atoms with E-state index in [-0.39, 0.29) is 24.6 Å². The van der Waals surface area contributed by atoms with Crippen molar-refractivity contribution < 1.29 is 33.3 Å². The summed E-state index contributed by atoms with van der Waals surface area (Å²) in [6.07, 6.45) is -1.60. The number of rotatable bonds is 4. The van der Waals surface area contributed by atoms with Crippen molar-refractivity contribution in [2.75, 3.05) is 6.61 Å². The number of esters is 3. The molecule has 1 fully saturated rings. The van der Waals surface area contributed by atoms with Crippen molar-refractivity contribution >= 4 is 17.9 Å². The summed E-state index contributed by atoms with van der Waals surface area (Å²) in [5, 5.41) is 0. The van der Waals surface area contributed by atoms with Gasteiger partial charge in [-0.1, -0.05) is 6.92 Å². The summed E-state index contributed by atoms with van der Waals surface area (Å²) in [7, 11) is 0. The average molecular weight is 316 g/mol. The Kier molecular flexibility index (Phi) is 6.80. The molecule has 0 aromatic rings. The smallest absolute Gasteiger partial charge is 0.303 e. The molecule has 1 aliphatic rings. The van der Waals surface area contributed by atoms with Crippen molar-refractivity contribution in [1.29, 1.82) is 0 Å². The zero-order valence-corrected chi connectivity index (χ0v) is 13.7. The molecule has 0 aliphatic carbocycles. The maximum absolute atomic E-state index is 11.3. The van der Waals surface area contributed by atoms with Crippen LogP contribution >= 0.6 is 0 Å². The van der Waals surface area contributed by atoms with Crippen LogP contribution in [0.1, 0.15) is 41.0 Å². The van der Waals surface area contributed by atoms with Gasteiger partial charge in [0.25, 0.3) is 0 Å². The minimum absolute atomic E-state index is 0.112. The van der Waals surface area contributed by atoms with Gasteiger partial charge in [-0.15, -0.1) is 0 Å². The maximum atomic E-state index is 11.3. The molecule has 1 heterocycles. The first-order valence-corrected chi connectivity index (χ1v) is 7.34. The molecule has 1 rings (SSSR count). The molecule has 0 unspecified atom stereocenters. The van der Waals surface area contributed by atoms with Crippen LogP contribution in [0.4, 0.5) is 0 Å². The van der Waals surface area contributed by atoms with Gasteiger partial charge in [-0.3, -0.25) is 14.4 Å². The molecule has 22 heavy (non-hydrogen) atoms. The molecule has 0 N–H and O–H groups in total. The molecule has 0 spiro atoms. The second-order valence-electron chi connectivity index (χ2n) is 5.63. The van der Waals surface area contributed by atoms with Gasteiger partial charge in [0.15, 0.2) is 6.10 Å². The largest absolute Gasteiger partial charge is 0.463 e. The van der Waals surface area contributed by atoms with E-state index in [0.717, 1.165) is 0 Å². The highest BCUT2D eigenvalue weighted by molar-refractivity contribution is 5.67. The lowest BCUT2D eigenvalue weighted by atomic mass is 9.93. The second kappa shape index (κ2) is 8.12. The van der Waals surface area contributed by atoms with E-state index in [1.165, 1.54) is 20.8 Å². The molecule has 5 atom stereocenters. The summed E-state index contributed by atoms with van der Waals surface area (Å²) in [6, 6.07) is 0. The summed E-state index contributed by atoms with van der Waals surface area (Å²) in [4.78, 5) is 33.6. The van der Waals surface area contributed by atoms with Crippen LogP contribution in [-0.2, 0) is 33.3 Å². The van der Waals surface area contributed by atoms with Gasteiger partial charge in [-0.05, 0) is 19.3 Å². The highest BCUT2D eigenvalue weighted by atomic mass is 16.6. The van der Waals surface area contributed by atoms with Crippen molar-refractivity contribution in [1.82, 2.24) is 0 Å². The Balaban J connectivity index is 2.90. The van der Waals surface area contributed by atoms with Gasteiger partial charge >= 0.3 is 17.9 Å². The molecule has 1 saturated heterocycles. The third kappa shape index (κ3) is 5.63. The fourth-order valence-corrected chi connectivity index (χ4v) is 2.62. The van der Waals surface area contributed by atoms with Gasteiger partial charge in [-0.2, -0.15) is 0 Å². The van der Waals surface area contributed by atoms with E-state index in [2.05, 4.69) is 0 Å². The first kappa shape index (κ1) is 18.4. The van der Waals surface area contributed by atoms with E-state index in [4.69, 9.17) is 18.9 Å². The van der Waals surface area contributed by atoms with Crippen LogP contribution in [0, 0.1) is 5.92 Å². The van der Waals surface area contributed by atoms with E-state index in [1.54, 1.807) is 6.92 Å². The molecule has 0 aromatic carbocycles. The molecule has 0 amide bonds. The van der Waals surface area contributed by atoms with Crippen LogP contribution in [-0.4, -0.2) is 48.9 Å². The van der Waals surface area contributed by atoms with Crippen molar-refractivity contribution in [3.8, 4) is 0 Å². The molecule has 0 radical (unpaired) electrons. The van der Waals surface area contributed by atoms with Crippen LogP contribution in [0.5, 0.6) is 0 Å². The van der Waals surface area contributed by atoms with Crippen molar-refractivity contribution in [3.63, 3.8) is 0 Å². The lowest BCUT2D eigenvalue weighted by Crippen LogP contribution is -2.44. The Morgan fingerprint density at radius 1 is 0.955 bits per heavy atom. The van der Waals surface area contributed by atoms with Crippen LogP contribution < -0.4 is 0 Å². The summed E-state index contributed by atoms with van der Waals surface area (Å²) in [5.74, 6) is -1.41. The highest BCUT2D eigenvalue weighted by Crippen LogP contribution is 2.29. The van der Waals surface area contributed by atoms with Crippen molar-refractivity contribution in [2.45, 2.75) is 65.5 Å². The topological polar surface area (TPSA) is 88.1 Å². The normalized spacial score (nSPS) is 31.8. The molecular weight excluding hydrogens is 292 g/mol. The summed E-state index contributed by atoms with van der Waals surface area (Å²) >= 11 is 0. The third-order valence-electron chi connectivity index (χ3n) is 3.47. The van der Waals surface area contributed by atoms with Gasteiger partial charge in [0, 0.05) is 20.8 Å². The maximum Gasteiger partial charge on any atom is 0.303 e. The number of ether oxygens (including phenoxy) is 4. The summed E-state index contributed by atoms with van der Waals surface area (Å²) < 4.78 is 21.4. The molecule has 0 saturated carbocycles. The first-order chi connectivity index (χ1) is 10.2. The Morgan fingerprint density at radius 2 is 1.50 bits per heavy atom. The zero-order chi connectivity index (χ0) is 16.9. The summed E-state index contributed by atoms with van der Waals surface area (Å²) in [5.41, 5.74) is 0. The molecule has 7 nitrogen and oxygen atoms in total. The molecule has 0 aromatic heterocycles. The van der Waals surface area contributed by atoms with Crippen LogP contribution in [0.3, 0.4) is 0 Å². The summed E-state index contributed by atoms with van der Waals surface area (Å²) in [6.45, 7) is 7.67. The van der Waals surface area contributed by atoms with Gasteiger partial charge < -0.3 is 18.9 Å². The van der Waals surface area contributed by atoms with Gasteiger partial charge in [0.05, 0.1) is 12.2 Å². The van der Waals surface area contributed by atoms with E-state index >= 15 is 0 Å². The minimum atomic E-state index is -0.696. The molecule has 0 bridgehead atoms. The monoisotopic (exact) mass is 316 g/mol. The number of carbonyl (C=O) groups is 3. The molecule has 1 aliphatic heterocycles. The average Bonchev–Trinajstić information content (AvgIpc) is 2.47. The highest BCUT2D eigenvalue weighted by Gasteiger charge is 2.41. The predicted molar refractivity (Wildman–Crippen MR) is 75.9 cm³/mol. The van der Waals surface area contributed by atoms with Crippen LogP contribution in [0.2, 0.25) is 0 Å². The lowest BCUT2D eigenvalue weighted by molar-refractivity contribution is -0.179.